The fourth-order valence-corrected chi connectivity index (χ4v) is 1.25. The zero-order valence-electron chi connectivity index (χ0n) is 9.55. The molecule has 4 nitrogen and oxygen atoms in total. The number of carboxylic acid groups (broad SMARTS) is 1. The van der Waals surface area contributed by atoms with Gasteiger partial charge in [-0.1, -0.05) is 25.1 Å². The van der Waals surface area contributed by atoms with E-state index in [1.807, 2.05) is 6.92 Å². The number of carbonyl (C=O) groups is 2. The van der Waals surface area contributed by atoms with Gasteiger partial charge in [0.25, 0.3) is 0 Å². The van der Waals surface area contributed by atoms with Crippen molar-refractivity contribution in [1.82, 2.24) is 0 Å². The van der Waals surface area contributed by atoms with Gasteiger partial charge in [-0.25, -0.2) is 4.79 Å². The number of para-hydroxylation sites is 1. The van der Waals surface area contributed by atoms with Crippen LogP contribution in [0.15, 0.2) is 30.3 Å². The SMILES string of the molecule is CCCC(=O)Oc1ccccc1/C=C/C(=O)O. The first kappa shape index (κ1) is 13.0. The van der Waals surface area contributed by atoms with Crippen molar-refractivity contribution in [2.45, 2.75) is 19.8 Å². The topological polar surface area (TPSA) is 63.6 Å². The van der Waals surface area contributed by atoms with E-state index >= 15 is 0 Å². The number of esters is 1. The molecule has 0 heterocycles. The van der Waals surface area contributed by atoms with Crippen LogP contribution in [0.5, 0.6) is 5.75 Å². The van der Waals surface area contributed by atoms with Gasteiger partial charge in [0.05, 0.1) is 0 Å². The molecule has 0 saturated heterocycles. The van der Waals surface area contributed by atoms with Gasteiger partial charge in [-0.15, -0.1) is 0 Å². The predicted octanol–water partition coefficient (Wildman–Crippen LogP) is 2.49. The van der Waals surface area contributed by atoms with E-state index in [4.69, 9.17) is 9.84 Å². The zero-order chi connectivity index (χ0) is 12.7. The number of aliphatic carboxylic acids is 1. The first-order valence-electron chi connectivity index (χ1n) is 5.34. The van der Waals surface area contributed by atoms with Crippen molar-refractivity contribution in [2.24, 2.45) is 0 Å². The minimum absolute atomic E-state index is 0.316. The minimum atomic E-state index is -1.04. The van der Waals surface area contributed by atoms with Gasteiger partial charge in [0.1, 0.15) is 5.75 Å². The van der Waals surface area contributed by atoms with Gasteiger partial charge in [-0.05, 0) is 18.6 Å². The summed E-state index contributed by atoms with van der Waals surface area (Å²) in [6.07, 6.45) is 3.46. The van der Waals surface area contributed by atoms with E-state index in [1.54, 1.807) is 24.3 Å². The molecule has 1 aromatic rings. The molecule has 0 aromatic heterocycles. The van der Waals surface area contributed by atoms with Crippen LogP contribution in [-0.2, 0) is 9.59 Å². The number of carbonyl (C=O) groups excluding carboxylic acids is 1. The molecular formula is C13H14O4. The van der Waals surface area contributed by atoms with Crippen LogP contribution in [0.3, 0.4) is 0 Å². The third-order valence-corrected chi connectivity index (χ3v) is 2.00. The van der Waals surface area contributed by atoms with E-state index in [-0.39, 0.29) is 5.97 Å². The van der Waals surface area contributed by atoms with Crippen LogP contribution in [0.4, 0.5) is 0 Å². The van der Waals surface area contributed by atoms with Gasteiger partial charge in [0.15, 0.2) is 0 Å². The number of carboxylic acids is 1. The molecule has 0 unspecified atom stereocenters. The van der Waals surface area contributed by atoms with Crippen LogP contribution in [0.2, 0.25) is 0 Å². The van der Waals surface area contributed by atoms with E-state index in [9.17, 15) is 9.59 Å². The molecule has 1 rings (SSSR count). The maximum Gasteiger partial charge on any atom is 0.328 e. The second-order valence-corrected chi connectivity index (χ2v) is 3.43. The highest BCUT2D eigenvalue weighted by atomic mass is 16.5. The lowest BCUT2D eigenvalue weighted by Crippen LogP contribution is -2.07. The number of hydrogen-bond donors (Lipinski definition) is 1. The molecule has 0 amide bonds. The quantitative estimate of drug-likeness (QED) is 0.483. The maximum absolute atomic E-state index is 11.3. The Kier molecular flexibility index (Phi) is 4.94. The average Bonchev–Trinajstić information content (AvgIpc) is 2.28. The lowest BCUT2D eigenvalue weighted by Gasteiger charge is -2.06. The molecule has 90 valence electrons. The normalized spacial score (nSPS) is 10.4. The van der Waals surface area contributed by atoms with Gasteiger partial charge < -0.3 is 9.84 Å². The fourth-order valence-electron chi connectivity index (χ4n) is 1.25. The van der Waals surface area contributed by atoms with Crippen molar-refractivity contribution in [3.8, 4) is 5.75 Å². The molecule has 0 aliphatic rings. The molecule has 0 bridgehead atoms. The first-order valence-corrected chi connectivity index (χ1v) is 5.34. The second-order valence-electron chi connectivity index (χ2n) is 3.43. The van der Waals surface area contributed by atoms with Crippen LogP contribution in [0.1, 0.15) is 25.3 Å². The van der Waals surface area contributed by atoms with Crippen molar-refractivity contribution in [2.75, 3.05) is 0 Å². The summed E-state index contributed by atoms with van der Waals surface area (Å²) in [7, 11) is 0. The van der Waals surface area contributed by atoms with Gasteiger partial charge in [-0.2, -0.15) is 0 Å². The van der Waals surface area contributed by atoms with E-state index < -0.39 is 5.97 Å². The molecule has 0 radical (unpaired) electrons. The summed E-state index contributed by atoms with van der Waals surface area (Å²) in [6.45, 7) is 1.89. The Labute approximate surface area is 99.5 Å². The number of hydrogen-bond acceptors (Lipinski definition) is 3. The Hall–Kier alpha value is -2.10. The Morgan fingerprint density at radius 3 is 2.71 bits per heavy atom. The van der Waals surface area contributed by atoms with Crippen LogP contribution in [-0.4, -0.2) is 17.0 Å². The summed E-state index contributed by atoms with van der Waals surface area (Å²) in [5.74, 6) is -0.980. The maximum atomic E-state index is 11.3. The summed E-state index contributed by atoms with van der Waals surface area (Å²) in [4.78, 5) is 21.8. The summed E-state index contributed by atoms with van der Waals surface area (Å²) in [5.41, 5.74) is 0.569. The molecule has 4 heteroatoms. The third kappa shape index (κ3) is 4.51. The predicted molar refractivity (Wildman–Crippen MR) is 63.7 cm³/mol. The zero-order valence-corrected chi connectivity index (χ0v) is 9.55. The van der Waals surface area contributed by atoms with Gasteiger partial charge in [0.2, 0.25) is 0 Å². The van der Waals surface area contributed by atoms with Crippen molar-refractivity contribution in [3.05, 3.63) is 35.9 Å². The highest BCUT2D eigenvalue weighted by Crippen LogP contribution is 2.20. The number of ether oxygens (including phenoxy) is 1. The molecule has 17 heavy (non-hydrogen) atoms. The fraction of sp³-hybridized carbons (Fsp3) is 0.231. The Morgan fingerprint density at radius 1 is 1.35 bits per heavy atom. The monoisotopic (exact) mass is 234 g/mol. The van der Waals surface area contributed by atoms with Crippen molar-refractivity contribution < 1.29 is 19.4 Å². The molecule has 0 spiro atoms. The summed E-state index contributed by atoms with van der Waals surface area (Å²) in [6, 6.07) is 6.80. The van der Waals surface area contributed by atoms with Crippen LogP contribution >= 0.6 is 0 Å². The van der Waals surface area contributed by atoms with Gasteiger partial charge in [-0.3, -0.25) is 4.79 Å². The highest BCUT2D eigenvalue weighted by Gasteiger charge is 2.06. The first-order chi connectivity index (χ1) is 8.13. The summed E-state index contributed by atoms with van der Waals surface area (Å²) in [5, 5.41) is 8.54. The van der Waals surface area contributed by atoms with Gasteiger partial charge >= 0.3 is 11.9 Å². The smallest absolute Gasteiger partial charge is 0.328 e. The number of benzene rings is 1. The van der Waals surface area contributed by atoms with Crippen molar-refractivity contribution in [3.63, 3.8) is 0 Å². The Balaban J connectivity index is 2.84. The third-order valence-electron chi connectivity index (χ3n) is 2.00. The molecule has 1 aromatic carbocycles. The van der Waals surface area contributed by atoms with E-state index in [2.05, 4.69) is 0 Å². The van der Waals surface area contributed by atoms with Crippen molar-refractivity contribution in [1.29, 1.82) is 0 Å². The standard InChI is InChI=1S/C13H14O4/c1-2-5-13(16)17-11-7-4-3-6-10(11)8-9-12(14)15/h3-4,6-9H,2,5H2,1H3,(H,14,15)/b9-8+. The molecule has 0 fully saturated rings. The second kappa shape index (κ2) is 6.48. The molecule has 0 saturated carbocycles. The Morgan fingerprint density at radius 2 is 2.06 bits per heavy atom. The molecule has 0 aliphatic heterocycles. The summed E-state index contributed by atoms with van der Waals surface area (Å²) >= 11 is 0. The minimum Gasteiger partial charge on any atom is -0.478 e. The lowest BCUT2D eigenvalue weighted by molar-refractivity contribution is -0.134. The molecule has 0 atom stereocenters. The summed E-state index contributed by atoms with van der Waals surface area (Å²) < 4.78 is 5.14. The molecule has 0 aliphatic carbocycles. The van der Waals surface area contributed by atoms with Crippen LogP contribution in [0, 0.1) is 0 Å². The van der Waals surface area contributed by atoms with E-state index in [0.29, 0.717) is 24.2 Å². The van der Waals surface area contributed by atoms with Crippen molar-refractivity contribution >= 4 is 18.0 Å². The molecule has 1 N–H and O–H groups in total. The number of rotatable bonds is 5. The average molecular weight is 234 g/mol. The largest absolute Gasteiger partial charge is 0.478 e. The van der Waals surface area contributed by atoms with Crippen LogP contribution in [0.25, 0.3) is 6.08 Å². The lowest BCUT2D eigenvalue weighted by atomic mass is 10.2. The van der Waals surface area contributed by atoms with Crippen LogP contribution < -0.4 is 4.74 Å². The molecular weight excluding hydrogens is 220 g/mol. The Bertz CT molecular complexity index is 435. The van der Waals surface area contributed by atoms with E-state index in [1.165, 1.54) is 6.08 Å². The van der Waals surface area contributed by atoms with Gasteiger partial charge in [0, 0.05) is 18.1 Å². The highest BCUT2D eigenvalue weighted by molar-refractivity contribution is 5.86. The van der Waals surface area contributed by atoms with E-state index in [0.717, 1.165) is 6.08 Å².